The van der Waals surface area contributed by atoms with E-state index in [2.05, 4.69) is 9.93 Å². The van der Waals surface area contributed by atoms with Crippen molar-refractivity contribution in [2.75, 3.05) is 0 Å². The predicted molar refractivity (Wildman–Crippen MR) is 107 cm³/mol. The van der Waals surface area contributed by atoms with Crippen LogP contribution in [0.25, 0.3) is 0 Å². The van der Waals surface area contributed by atoms with E-state index < -0.39 is 21.8 Å². The molecule has 0 aliphatic heterocycles. The molecule has 0 atom stereocenters. The number of sulfonamides is 1. The SMILES string of the molecule is O=C(Oc1ccc(/C=N/NS(=O)(=O)c2ccc(Cl)cc2)cc1)c1ccc(F)cc1. The fraction of sp³-hybridized carbons (Fsp3) is 0. The van der Waals surface area contributed by atoms with Crippen LogP contribution in [0.4, 0.5) is 4.39 Å². The van der Waals surface area contributed by atoms with E-state index in [1.54, 1.807) is 12.1 Å². The summed E-state index contributed by atoms with van der Waals surface area (Å²) in [7, 11) is -3.81. The lowest BCUT2D eigenvalue weighted by molar-refractivity contribution is 0.0734. The van der Waals surface area contributed by atoms with Gasteiger partial charge in [0.1, 0.15) is 11.6 Å². The zero-order chi connectivity index (χ0) is 20.9. The molecule has 1 N–H and O–H groups in total. The van der Waals surface area contributed by atoms with Gasteiger partial charge in [-0.1, -0.05) is 11.6 Å². The zero-order valence-corrected chi connectivity index (χ0v) is 16.3. The Bertz CT molecular complexity index is 1130. The number of carbonyl (C=O) groups is 1. The summed E-state index contributed by atoms with van der Waals surface area (Å²) < 4.78 is 42.3. The van der Waals surface area contributed by atoms with Crippen LogP contribution in [0.1, 0.15) is 15.9 Å². The lowest BCUT2D eigenvalue weighted by Gasteiger charge is -2.05. The van der Waals surface area contributed by atoms with Crippen LogP contribution >= 0.6 is 11.6 Å². The molecule has 0 aliphatic carbocycles. The van der Waals surface area contributed by atoms with Crippen molar-refractivity contribution in [1.29, 1.82) is 0 Å². The van der Waals surface area contributed by atoms with Crippen LogP contribution in [0.3, 0.4) is 0 Å². The summed E-state index contributed by atoms with van der Waals surface area (Å²) >= 11 is 5.74. The van der Waals surface area contributed by atoms with Crippen LogP contribution < -0.4 is 9.57 Å². The first kappa shape index (κ1) is 20.5. The van der Waals surface area contributed by atoms with Gasteiger partial charge >= 0.3 is 5.97 Å². The van der Waals surface area contributed by atoms with Crippen molar-refractivity contribution >= 4 is 33.8 Å². The van der Waals surface area contributed by atoms with Crippen molar-refractivity contribution < 1.29 is 22.3 Å². The Morgan fingerprint density at radius 3 is 2.21 bits per heavy atom. The molecule has 0 heterocycles. The van der Waals surface area contributed by atoms with Gasteiger partial charge in [0, 0.05) is 5.02 Å². The minimum atomic E-state index is -3.81. The van der Waals surface area contributed by atoms with E-state index >= 15 is 0 Å². The predicted octanol–water partition coefficient (Wildman–Crippen LogP) is 4.01. The van der Waals surface area contributed by atoms with Gasteiger partial charge in [-0.3, -0.25) is 0 Å². The Morgan fingerprint density at radius 1 is 0.966 bits per heavy atom. The summed E-state index contributed by atoms with van der Waals surface area (Å²) in [5, 5.41) is 4.14. The molecule has 148 valence electrons. The Balaban J connectivity index is 1.60. The van der Waals surface area contributed by atoms with Crippen molar-refractivity contribution in [1.82, 2.24) is 4.83 Å². The normalized spacial score (nSPS) is 11.4. The van der Waals surface area contributed by atoms with Crippen LogP contribution in [-0.4, -0.2) is 20.6 Å². The number of carbonyl (C=O) groups excluding carboxylic acids is 1. The third kappa shape index (κ3) is 5.63. The first-order chi connectivity index (χ1) is 13.8. The summed E-state index contributed by atoms with van der Waals surface area (Å²) in [5.41, 5.74) is 0.791. The smallest absolute Gasteiger partial charge is 0.343 e. The minimum absolute atomic E-state index is 0.0297. The second-order valence-electron chi connectivity index (χ2n) is 5.77. The molecule has 3 aromatic carbocycles. The Kier molecular flexibility index (Phi) is 6.26. The first-order valence-corrected chi connectivity index (χ1v) is 10.1. The summed E-state index contributed by atoms with van der Waals surface area (Å²) in [4.78, 5) is 14.1. The van der Waals surface area contributed by atoms with E-state index in [4.69, 9.17) is 16.3 Å². The van der Waals surface area contributed by atoms with Crippen LogP contribution in [0, 0.1) is 5.82 Å². The topological polar surface area (TPSA) is 84.8 Å². The second kappa shape index (κ2) is 8.85. The third-order valence-corrected chi connectivity index (χ3v) is 5.17. The fourth-order valence-corrected chi connectivity index (χ4v) is 3.13. The summed E-state index contributed by atoms with van der Waals surface area (Å²) in [6.07, 6.45) is 1.30. The molecule has 0 aromatic heterocycles. The Hall–Kier alpha value is -3.23. The zero-order valence-electron chi connectivity index (χ0n) is 14.7. The molecule has 0 spiro atoms. The van der Waals surface area contributed by atoms with Gasteiger partial charge in [-0.05, 0) is 78.4 Å². The lowest BCUT2D eigenvalue weighted by Crippen LogP contribution is -2.18. The maximum Gasteiger partial charge on any atom is 0.343 e. The van der Waals surface area contributed by atoms with Gasteiger partial charge < -0.3 is 4.74 Å². The Morgan fingerprint density at radius 2 is 1.59 bits per heavy atom. The number of hydrogen-bond donors (Lipinski definition) is 1. The molecule has 0 saturated carbocycles. The number of halogens is 2. The lowest BCUT2D eigenvalue weighted by atomic mass is 10.2. The number of benzene rings is 3. The number of rotatable bonds is 6. The average molecular weight is 433 g/mol. The average Bonchev–Trinajstić information content (AvgIpc) is 2.70. The highest BCUT2D eigenvalue weighted by molar-refractivity contribution is 7.89. The molecule has 0 unspecified atom stereocenters. The monoisotopic (exact) mass is 432 g/mol. The van der Waals surface area contributed by atoms with Crippen molar-refractivity contribution in [2.24, 2.45) is 5.10 Å². The fourth-order valence-electron chi connectivity index (χ4n) is 2.21. The van der Waals surface area contributed by atoms with E-state index in [9.17, 15) is 17.6 Å². The molecule has 3 rings (SSSR count). The van der Waals surface area contributed by atoms with Crippen LogP contribution in [0.5, 0.6) is 5.75 Å². The highest BCUT2D eigenvalue weighted by Gasteiger charge is 2.12. The molecule has 9 heteroatoms. The molecule has 3 aromatic rings. The highest BCUT2D eigenvalue weighted by atomic mass is 35.5. The van der Waals surface area contributed by atoms with Gasteiger partial charge in [0.25, 0.3) is 10.0 Å². The molecule has 29 heavy (non-hydrogen) atoms. The van der Waals surface area contributed by atoms with E-state index in [0.29, 0.717) is 10.6 Å². The molecule has 0 bridgehead atoms. The maximum absolute atomic E-state index is 12.9. The van der Waals surface area contributed by atoms with E-state index in [1.807, 2.05) is 0 Å². The van der Waals surface area contributed by atoms with E-state index in [1.165, 1.54) is 66.9 Å². The quantitative estimate of drug-likeness (QED) is 0.276. The number of hydrogen-bond acceptors (Lipinski definition) is 5. The van der Waals surface area contributed by atoms with Gasteiger partial charge in [-0.15, -0.1) is 0 Å². The largest absolute Gasteiger partial charge is 0.423 e. The van der Waals surface area contributed by atoms with Gasteiger partial charge in [-0.25, -0.2) is 14.0 Å². The Labute approximate surface area is 171 Å². The van der Waals surface area contributed by atoms with E-state index in [-0.39, 0.29) is 16.2 Å². The summed E-state index contributed by atoms with van der Waals surface area (Å²) in [6, 6.07) is 16.9. The van der Waals surface area contributed by atoms with Crippen LogP contribution in [-0.2, 0) is 10.0 Å². The summed E-state index contributed by atoms with van der Waals surface area (Å²) in [5.74, 6) is -0.794. The molecule has 6 nitrogen and oxygen atoms in total. The number of nitrogens with one attached hydrogen (secondary N) is 1. The molecule has 0 fully saturated rings. The second-order valence-corrected chi connectivity index (χ2v) is 7.87. The number of ether oxygens (including phenoxy) is 1. The minimum Gasteiger partial charge on any atom is -0.423 e. The highest BCUT2D eigenvalue weighted by Crippen LogP contribution is 2.15. The van der Waals surface area contributed by atoms with Gasteiger partial charge in [0.2, 0.25) is 0 Å². The molecular weight excluding hydrogens is 419 g/mol. The van der Waals surface area contributed by atoms with Gasteiger partial charge in [0.15, 0.2) is 0 Å². The van der Waals surface area contributed by atoms with Crippen molar-refractivity contribution in [3.63, 3.8) is 0 Å². The number of esters is 1. The van der Waals surface area contributed by atoms with Crippen molar-refractivity contribution in [2.45, 2.75) is 4.90 Å². The maximum atomic E-state index is 12.9. The molecule has 0 aliphatic rings. The van der Waals surface area contributed by atoms with E-state index in [0.717, 1.165) is 0 Å². The molecule has 0 saturated heterocycles. The van der Waals surface area contributed by atoms with Crippen molar-refractivity contribution in [3.8, 4) is 5.75 Å². The standard InChI is InChI=1S/C20H14ClFN2O4S/c21-16-5-11-19(12-6-16)29(26,27)24-23-13-14-1-9-18(10-2-14)28-20(25)15-3-7-17(22)8-4-15/h1-13,24H/b23-13+. The van der Waals surface area contributed by atoms with Crippen molar-refractivity contribution in [3.05, 3.63) is 94.8 Å². The van der Waals surface area contributed by atoms with Gasteiger partial charge in [0.05, 0.1) is 16.7 Å². The third-order valence-electron chi connectivity index (χ3n) is 3.68. The number of nitrogens with zero attached hydrogens (tertiary/aromatic N) is 1. The first-order valence-electron chi connectivity index (χ1n) is 8.22. The van der Waals surface area contributed by atoms with Gasteiger partial charge in [-0.2, -0.15) is 13.5 Å². The molecule has 0 radical (unpaired) electrons. The van der Waals surface area contributed by atoms with Crippen LogP contribution in [0.2, 0.25) is 5.02 Å². The number of hydrazone groups is 1. The molecule has 0 amide bonds. The summed E-state index contributed by atoms with van der Waals surface area (Å²) in [6.45, 7) is 0. The molecular formula is C20H14ClFN2O4S. The van der Waals surface area contributed by atoms with Crippen LogP contribution in [0.15, 0.2) is 82.8 Å².